The molecule has 0 unspecified atom stereocenters. The second-order valence-electron chi connectivity index (χ2n) is 29.6. The number of carbonyl (C=O) groups is 5. The monoisotopic (exact) mass is 1740 g/mol. The third-order valence-electron chi connectivity index (χ3n) is 20.3. The van der Waals surface area contributed by atoms with E-state index in [0.717, 1.165) is 6.42 Å². The van der Waals surface area contributed by atoms with Gasteiger partial charge < -0.3 is 129 Å². The number of nitrogens with one attached hydrogen (secondary N) is 4. The molecule has 13 N–H and O–H groups in total. The molecule has 6 heterocycles. The predicted molar refractivity (Wildman–Crippen MR) is 407 cm³/mol. The number of carbonyl (C=O) groups excluding carboxylic acids is 5. The smallest absolute Gasteiger partial charge is 0.311 e. The molecule has 3 fully saturated rings. The third kappa shape index (κ3) is 36.5. The average Bonchev–Trinajstić information content (AvgIpc) is 1.57. The molecule has 4 amide bonds. The molecule has 3 aliphatic rings. The van der Waals surface area contributed by atoms with Crippen LogP contribution in [-0.4, -0.2) is 339 Å². The van der Waals surface area contributed by atoms with E-state index in [1.165, 1.54) is 14.0 Å². The molecule has 686 valence electrons. The lowest BCUT2D eigenvalue weighted by Crippen LogP contribution is -2.52. The van der Waals surface area contributed by atoms with Gasteiger partial charge in [0.25, 0.3) is 0 Å². The Morgan fingerprint density at radius 1 is 0.380 bits per heavy atom. The van der Waals surface area contributed by atoms with E-state index in [0.29, 0.717) is 55.6 Å². The van der Waals surface area contributed by atoms with E-state index < -0.39 is 157 Å². The van der Waals surface area contributed by atoms with E-state index in [4.69, 9.17) is 56.8 Å². The van der Waals surface area contributed by atoms with Crippen LogP contribution in [0.5, 0.6) is 5.75 Å². The second-order valence-corrected chi connectivity index (χ2v) is 29.6. The maximum Gasteiger partial charge on any atom is 0.311 e. The molecule has 3 saturated heterocycles. The number of hydrogen-bond donors (Lipinski definition) is 13. The molecule has 1 aromatic carbocycles. The molecule has 0 aliphatic carbocycles. The summed E-state index contributed by atoms with van der Waals surface area (Å²) in [7, 11) is 0. The fraction of sp³-hybridized carbons (Fsp3) is 0.776. The first-order chi connectivity index (χ1) is 58.5. The van der Waals surface area contributed by atoms with E-state index >= 15 is 0 Å². The number of hydrogen-bond acceptors (Lipinski definition) is 33. The van der Waals surface area contributed by atoms with Crippen molar-refractivity contribution in [2.24, 2.45) is 17.8 Å². The van der Waals surface area contributed by atoms with Crippen LogP contribution in [0.4, 0.5) is 22.0 Å². The molecule has 0 bridgehead atoms. The summed E-state index contributed by atoms with van der Waals surface area (Å²) in [6.07, 6.45) is -0.805. The summed E-state index contributed by atoms with van der Waals surface area (Å²) in [5.41, 5.74) is 0.307. The van der Waals surface area contributed by atoms with E-state index in [-0.39, 0.29) is 242 Å². The van der Waals surface area contributed by atoms with Gasteiger partial charge in [0.15, 0.2) is 0 Å². The molecule has 7 rings (SSSR count). The molecular formula is C76H120F5N13O27. The Balaban J connectivity index is 0.843. The minimum absolute atomic E-state index is 0.0168. The van der Waals surface area contributed by atoms with Gasteiger partial charge in [-0.3, -0.25) is 38.0 Å². The number of aromatic nitrogens is 9. The molecule has 40 nitrogen and oxygen atoms in total. The zero-order chi connectivity index (χ0) is 87.2. The Bertz CT molecular complexity index is 3330. The summed E-state index contributed by atoms with van der Waals surface area (Å²) >= 11 is 0. The number of esters is 1. The maximum atomic E-state index is 14.1. The Morgan fingerprint density at radius 2 is 0.669 bits per heavy atom. The summed E-state index contributed by atoms with van der Waals surface area (Å²) in [5.74, 6) is -17.2. The van der Waals surface area contributed by atoms with Gasteiger partial charge in [0.2, 0.25) is 58.5 Å². The van der Waals surface area contributed by atoms with Gasteiger partial charge in [0.1, 0.15) is 53.7 Å². The van der Waals surface area contributed by atoms with Crippen molar-refractivity contribution in [2.75, 3.05) is 158 Å². The number of halogens is 5. The molecule has 12 atom stereocenters. The Hall–Kier alpha value is -7.20. The first-order valence-corrected chi connectivity index (χ1v) is 41.0. The number of aliphatic hydroxyl groups is 9. The van der Waals surface area contributed by atoms with Crippen molar-refractivity contribution in [2.45, 2.75) is 203 Å². The Labute approximate surface area is 696 Å². The number of nitrogens with zero attached hydrogens (tertiary/aromatic N) is 9. The lowest BCUT2D eigenvalue weighted by Gasteiger charge is -2.36. The second kappa shape index (κ2) is 56.6. The lowest BCUT2D eigenvalue weighted by atomic mass is 9.82. The Morgan fingerprint density at radius 3 is 0.992 bits per heavy atom. The fourth-order valence-corrected chi connectivity index (χ4v) is 13.3. The Kier molecular flexibility index (Phi) is 47.2. The zero-order valence-electron chi connectivity index (χ0n) is 68.0. The highest BCUT2D eigenvalue weighted by Gasteiger charge is 2.42. The largest absolute Gasteiger partial charge is 0.420 e. The van der Waals surface area contributed by atoms with Gasteiger partial charge in [0.05, 0.1) is 215 Å². The summed E-state index contributed by atoms with van der Waals surface area (Å²) in [4.78, 5) is 67.2. The summed E-state index contributed by atoms with van der Waals surface area (Å²) < 4.78 is 145. The highest BCUT2D eigenvalue weighted by molar-refractivity contribution is 5.80. The van der Waals surface area contributed by atoms with Crippen LogP contribution >= 0.6 is 0 Å². The van der Waals surface area contributed by atoms with Gasteiger partial charge in [-0.15, -0.1) is 15.3 Å². The van der Waals surface area contributed by atoms with Gasteiger partial charge in [-0.25, -0.2) is 13.2 Å². The lowest BCUT2D eigenvalue weighted by molar-refractivity contribution is -0.177. The van der Waals surface area contributed by atoms with Crippen LogP contribution in [0.3, 0.4) is 0 Å². The van der Waals surface area contributed by atoms with Crippen LogP contribution in [0.1, 0.15) is 120 Å². The molecule has 3 aromatic heterocycles. The van der Waals surface area contributed by atoms with Crippen LogP contribution in [-0.2, 0) is 120 Å². The minimum Gasteiger partial charge on any atom is -0.420 e. The van der Waals surface area contributed by atoms with Gasteiger partial charge in [0, 0.05) is 75.0 Å². The van der Waals surface area contributed by atoms with Crippen molar-refractivity contribution in [3.8, 4) is 5.75 Å². The van der Waals surface area contributed by atoms with Crippen LogP contribution in [0.2, 0.25) is 0 Å². The summed E-state index contributed by atoms with van der Waals surface area (Å²) in [6, 6.07) is 0. The van der Waals surface area contributed by atoms with E-state index in [2.05, 4.69) is 56.9 Å². The van der Waals surface area contributed by atoms with Crippen molar-refractivity contribution in [1.29, 1.82) is 0 Å². The quantitative estimate of drug-likeness (QED) is 0.00594. The molecule has 121 heavy (non-hydrogen) atoms. The van der Waals surface area contributed by atoms with Gasteiger partial charge in [-0.2, -0.15) is 8.78 Å². The molecule has 0 spiro atoms. The highest BCUT2D eigenvalue weighted by atomic mass is 19.2. The van der Waals surface area contributed by atoms with Gasteiger partial charge in [-0.05, 0) is 32.1 Å². The molecule has 45 heteroatoms. The van der Waals surface area contributed by atoms with Crippen molar-refractivity contribution in [3.05, 3.63) is 64.8 Å². The maximum absolute atomic E-state index is 14.1. The van der Waals surface area contributed by atoms with E-state index in [1.54, 1.807) is 18.6 Å². The topological polar surface area (TPSA) is 528 Å². The van der Waals surface area contributed by atoms with Crippen molar-refractivity contribution in [1.82, 2.24) is 66.2 Å². The molecule has 3 aliphatic heterocycles. The first kappa shape index (κ1) is 101. The normalized spacial score (nSPS) is 21.3. The standard InChI is InChI=1S/C76H120F5N13O27/c77-64-65(78)67(80)75(68(81)66(64)79)121-63(102)10-8-6-4-2-1-3-5-7-9-62(101)85-76(14-11-59(98)82-17-20-109-23-26-112-29-32-115-47-53-38-92(89-86-53)35-50-44-118-56(41-95)72(106)69(50)103,15-12-60(99)83-18-21-110-24-27-113-30-33-116-48-54-39-93(90-87-54)36-51-45-119-57(42-96)73(107)70(51)104)16-13-61(100)84-19-22-111-25-28-114-31-34-117-49-55-40-94(91-88-55)37-52-46-120-58(43-97)74(108)71(52)105/h38-40,50-52,56-58,69-74,95-97,103-108H,1-37,41-49H2,(H,82,98)(H,83,99)(H,84,100)(H,85,101)/t50-,51-,52-,56+,57+,58+,69+,70+,71+,72-,73-,74-/m0/s1. The summed E-state index contributed by atoms with van der Waals surface area (Å²) in [6.45, 7) is 3.37. The number of amides is 4. The number of rotatable bonds is 64. The van der Waals surface area contributed by atoms with Crippen LogP contribution < -0.4 is 26.0 Å². The van der Waals surface area contributed by atoms with E-state index in [9.17, 15) is 91.9 Å². The number of benzene rings is 1. The molecule has 0 radical (unpaired) electrons. The number of ether oxygens (including phenoxy) is 13. The number of aliphatic hydroxyl groups excluding tert-OH is 9. The minimum atomic E-state index is -2.38. The van der Waals surface area contributed by atoms with Gasteiger partial charge in [-0.1, -0.05) is 54.2 Å². The van der Waals surface area contributed by atoms with Crippen LogP contribution in [0.25, 0.3) is 0 Å². The SMILES string of the molecule is O=C(CCC(CCC(=O)NCCOCCOCCOCc1cn(C[C@H]2CO[C@H](CO)[C@H](O)[C@@H]2O)nn1)(CCC(=O)NCCOCCOCCOCc1cn(C[C@H]2CO[C@H](CO)[C@H](O)[C@@H]2O)nn1)NC(=O)CCCCCCCCCCC(=O)Oc1c(F)c(F)c(F)c(F)c1F)NCCOCCOCCOCc1cn(C[C@H]2CO[C@H](CO)[C@H](O)[C@@H]2O)nn1. The summed E-state index contributed by atoms with van der Waals surface area (Å²) in [5, 5.41) is 126. The van der Waals surface area contributed by atoms with E-state index in [1.807, 2.05) is 0 Å². The third-order valence-corrected chi connectivity index (χ3v) is 20.3. The zero-order valence-corrected chi connectivity index (χ0v) is 68.0. The number of unbranched alkanes of at least 4 members (excludes halogenated alkanes) is 7. The first-order valence-electron chi connectivity index (χ1n) is 41.0. The molecular weight excluding hydrogens is 1620 g/mol. The average molecular weight is 1740 g/mol. The van der Waals surface area contributed by atoms with Crippen LogP contribution in [0.15, 0.2) is 18.6 Å². The van der Waals surface area contributed by atoms with Gasteiger partial charge >= 0.3 is 5.97 Å². The fourth-order valence-electron chi connectivity index (χ4n) is 13.3. The van der Waals surface area contributed by atoms with Crippen molar-refractivity contribution < 1.29 is 153 Å². The van der Waals surface area contributed by atoms with Crippen molar-refractivity contribution >= 4 is 29.6 Å². The predicted octanol–water partition coefficient (Wildman–Crippen LogP) is -1.56. The molecule has 0 saturated carbocycles. The van der Waals surface area contributed by atoms with Crippen LogP contribution in [0, 0.1) is 46.8 Å². The highest BCUT2D eigenvalue weighted by Crippen LogP contribution is 2.32. The van der Waals surface area contributed by atoms with Crippen molar-refractivity contribution in [3.63, 3.8) is 0 Å². The molecule has 4 aromatic rings.